The molecule has 1 aromatic heterocycles. The molecule has 0 spiro atoms. The maximum Gasteiger partial charge on any atom is 0.363 e. The maximum absolute atomic E-state index is 12.7. The number of ether oxygens (including phenoxy) is 2. The Morgan fingerprint density at radius 1 is 1.09 bits per heavy atom. The number of aromatic nitrogens is 2. The number of hydrogen-bond donors (Lipinski definition) is 1. The minimum atomic E-state index is -3.67. The molecule has 0 aliphatic rings. The number of rotatable bonds is 8. The number of carbonyl (C=O) groups is 2. The number of esters is 1. The van der Waals surface area contributed by atoms with Crippen molar-refractivity contribution < 1.29 is 27.5 Å². The molecule has 0 aliphatic carbocycles. The molecule has 3 aromatic rings. The van der Waals surface area contributed by atoms with Gasteiger partial charge >= 0.3 is 5.97 Å². The summed E-state index contributed by atoms with van der Waals surface area (Å²) >= 11 is 0. The highest BCUT2D eigenvalue weighted by Crippen LogP contribution is 2.22. The van der Waals surface area contributed by atoms with Gasteiger partial charge in [-0.25, -0.2) is 22.2 Å². The topological polar surface area (TPSA) is 120 Å². The SMILES string of the molecule is COc1cn(-c2ccccc2)nc1C(=O)O[C@H](C)C(=O)Nc1cccc(S(=O)(=O)N(C)C)c1. The predicted molar refractivity (Wildman–Crippen MR) is 121 cm³/mol. The molecule has 1 N–H and O–H groups in total. The van der Waals surface area contributed by atoms with Crippen molar-refractivity contribution in [2.24, 2.45) is 0 Å². The molecular formula is C22H24N4O6S. The Hall–Kier alpha value is -3.70. The van der Waals surface area contributed by atoms with Gasteiger partial charge in [0, 0.05) is 19.8 Å². The molecule has 0 bridgehead atoms. The zero-order valence-electron chi connectivity index (χ0n) is 18.6. The number of methoxy groups -OCH3 is 1. The summed E-state index contributed by atoms with van der Waals surface area (Å²) in [5.74, 6) is -1.28. The van der Waals surface area contributed by atoms with E-state index in [0.29, 0.717) is 5.69 Å². The molecule has 11 heteroatoms. The van der Waals surface area contributed by atoms with E-state index in [1.165, 1.54) is 63.3 Å². The number of hydrogen-bond acceptors (Lipinski definition) is 7. The smallest absolute Gasteiger partial charge is 0.363 e. The second kappa shape index (κ2) is 9.84. The third-order valence-corrected chi connectivity index (χ3v) is 6.46. The van der Waals surface area contributed by atoms with Gasteiger partial charge in [-0.1, -0.05) is 24.3 Å². The third-order valence-electron chi connectivity index (χ3n) is 4.65. The first kappa shape index (κ1) is 24.0. The van der Waals surface area contributed by atoms with Crippen molar-refractivity contribution in [2.75, 3.05) is 26.5 Å². The minimum Gasteiger partial charge on any atom is -0.493 e. The molecule has 0 saturated carbocycles. The molecule has 0 saturated heterocycles. The molecule has 0 unspecified atom stereocenters. The van der Waals surface area contributed by atoms with Crippen LogP contribution in [0.5, 0.6) is 5.75 Å². The molecule has 3 rings (SSSR count). The van der Waals surface area contributed by atoms with Crippen molar-refractivity contribution in [1.82, 2.24) is 14.1 Å². The van der Waals surface area contributed by atoms with Gasteiger partial charge in [-0.05, 0) is 37.3 Å². The predicted octanol–water partition coefficient (Wildman–Crippen LogP) is 2.32. The molecule has 0 fully saturated rings. The Labute approximate surface area is 191 Å². The van der Waals surface area contributed by atoms with Gasteiger partial charge < -0.3 is 14.8 Å². The number of anilines is 1. The number of sulfonamides is 1. The van der Waals surface area contributed by atoms with E-state index in [1.54, 1.807) is 0 Å². The van der Waals surface area contributed by atoms with Crippen LogP contribution in [0.2, 0.25) is 0 Å². The van der Waals surface area contributed by atoms with Crippen LogP contribution in [0.3, 0.4) is 0 Å². The van der Waals surface area contributed by atoms with Gasteiger partial charge in [0.15, 0.2) is 11.9 Å². The van der Waals surface area contributed by atoms with Crippen molar-refractivity contribution in [3.8, 4) is 11.4 Å². The first-order chi connectivity index (χ1) is 15.6. The van der Waals surface area contributed by atoms with Crippen molar-refractivity contribution >= 4 is 27.6 Å². The number of benzene rings is 2. The van der Waals surface area contributed by atoms with Gasteiger partial charge in [0.05, 0.1) is 23.9 Å². The molecule has 10 nitrogen and oxygen atoms in total. The van der Waals surface area contributed by atoms with Crippen LogP contribution < -0.4 is 10.1 Å². The summed E-state index contributed by atoms with van der Waals surface area (Å²) < 4.78 is 37.6. The molecule has 174 valence electrons. The standard InChI is InChI=1S/C22H24N4O6S/c1-15(21(27)23-16-9-8-12-18(13-16)33(29,30)25(2)3)32-22(28)20-19(31-4)14-26(24-20)17-10-6-5-7-11-17/h5-15H,1-4H3,(H,23,27)/t15-/m1/s1. The Balaban J connectivity index is 1.72. The number of amides is 1. The third kappa shape index (κ3) is 5.38. The van der Waals surface area contributed by atoms with Gasteiger partial charge in [0.1, 0.15) is 0 Å². The summed E-state index contributed by atoms with van der Waals surface area (Å²) in [4.78, 5) is 25.2. The first-order valence-electron chi connectivity index (χ1n) is 9.87. The van der Waals surface area contributed by atoms with Crippen LogP contribution in [0.4, 0.5) is 5.69 Å². The van der Waals surface area contributed by atoms with Gasteiger partial charge in [-0.2, -0.15) is 5.10 Å². The highest BCUT2D eigenvalue weighted by atomic mass is 32.2. The summed E-state index contributed by atoms with van der Waals surface area (Å²) in [6.45, 7) is 1.40. The van der Waals surface area contributed by atoms with E-state index in [4.69, 9.17) is 9.47 Å². The fourth-order valence-corrected chi connectivity index (χ4v) is 3.77. The monoisotopic (exact) mass is 472 g/mol. The molecular weight excluding hydrogens is 448 g/mol. The van der Waals surface area contributed by atoms with E-state index in [0.717, 1.165) is 4.31 Å². The average molecular weight is 473 g/mol. The summed E-state index contributed by atoms with van der Waals surface area (Å²) in [7, 11) is 0.555. The van der Waals surface area contributed by atoms with Crippen molar-refractivity contribution in [3.05, 3.63) is 66.5 Å². The van der Waals surface area contributed by atoms with Crippen LogP contribution in [-0.2, 0) is 19.6 Å². The van der Waals surface area contributed by atoms with Gasteiger partial charge in [0.25, 0.3) is 5.91 Å². The van der Waals surface area contributed by atoms with Gasteiger partial charge in [-0.3, -0.25) is 4.79 Å². The molecule has 1 heterocycles. The van der Waals surface area contributed by atoms with E-state index in [9.17, 15) is 18.0 Å². The summed E-state index contributed by atoms with van der Waals surface area (Å²) in [6, 6.07) is 14.9. The van der Waals surface area contributed by atoms with E-state index < -0.39 is 28.0 Å². The zero-order chi connectivity index (χ0) is 24.2. The fraction of sp³-hybridized carbons (Fsp3) is 0.227. The average Bonchev–Trinajstić information content (AvgIpc) is 3.24. The normalized spacial score (nSPS) is 12.3. The van der Waals surface area contributed by atoms with Crippen molar-refractivity contribution in [1.29, 1.82) is 0 Å². The lowest BCUT2D eigenvalue weighted by Gasteiger charge is -2.15. The number of para-hydroxylation sites is 1. The van der Waals surface area contributed by atoms with E-state index in [1.807, 2.05) is 30.3 Å². The van der Waals surface area contributed by atoms with E-state index in [-0.39, 0.29) is 22.0 Å². The van der Waals surface area contributed by atoms with Crippen LogP contribution >= 0.6 is 0 Å². The fourth-order valence-electron chi connectivity index (χ4n) is 2.82. The van der Waals surface area contributed by atoms with Crippen LogP contribution in [-0.4, -0.2) is 61.7 Å². The molecule has 33 heavy (non-hydrogen) atoms. The van der Waals surface area contributed by atoms with Gasteiger partial charge in [-0.15, -0.1) is 0 Å². The summed E-state index contributed by atoms with van der Waals surface area (Å²) in [5, 5.41) is 6.77. The largest absolute Gasteiger partial charge is 0.493 e. The van der Waals surface area contributed by atoms with Gasteiger partial charge in [0.2, 0.25) is 15.7 Å². The first-order valence-corrected chi connectivity index (χ1v) is 11.3. The zero-order valence-corrected chi connectivity index (χ0v) is 19.4. The molecule has 0 aliphatic heterocycles. The Kier molecular flexibility index (Phi) is 7.14. The van der Waals surface area contributed by atoms with Crippen molar-refractivity contribution in [3.63, 3.8) is 0 Å². The lowest BCUT2D eigenvalue weighted by atomic mass is 10.3. The summed E-state index contributed by atoms with van der Waals surface area (Å²) in [6.07, 6.45) is 0.353. The summed E-state index contributed by atoms with van der Waals surface area (Å²) in [5.41, 5.74) is 0.880. The second-order valence-corrected chi connectivity index (χ2v) is 9.33. The number of nitrogens with zero attached hydrogens (tertiary/aromatic N) is 3. The molecule has 1 amide bonds. The second-order valence-electron chi connectivity index (χ2n) is 7.18. The van der Waals surface area contributed by atoms with Crippen LogP contribution in [0.25, 0.3) is 5.69 Å². The Morgan fingerprint density at radius 2 is 1.79 bits per heavy atom. The Morgan fingerprint density at radius 3 is 2.42 bits per heavy atom. The quantitative estimate of drug-likeness (QED) is 0.500. The highest BCUT2D eigenvalue weighted by molar-refractivity contribution is 7.89. The lowest BCUT2D eigenvalue weighted by Crippen LogP contribution is -2.30. The van der Waals surface area contributed by atoms with Crippen LogP contribution in [0.1, 0.15) is 17.4 Å². The number of nitrogens with one attached hydrogen (secondary N) is 1. The van der Waals surface area contributed by atoms with Crippen LogP contribution in [0, 0.1) is 0 Å². The number of carbonyl (C=O) groups excluding carboxylic acids is 2. The lowest BCUT2D eigenvalue weighted by molar-refractivity contribution is -0.123. The molecule has 1 atom stereocenters. The van der Waals surface area contributed by atoms with Crippen molar-refractivity contribution in [2.45, 2.75) is 17.9 Å². The highest BCUT2D eigenvalue weighted by Gasteiger charge is 2.25. The Bertz CT molecular complexity index is 1250. The maximum atomic E-state index is 12.7. The van der Waals surface area contributed by atoms with E-state index in [2.05, 4.69) is 10.4 Å². The van der Waals surface area contributed by atoms with E-state index >= 15 is 0 Å². The van der Waals surface area contributed by atoms with Crippen LogP contribution in [0.15, 0.2) is 65.7 Å². The molecule has 2 aromatic carbocycles. The minimum absolute atomic E-state index is 0.0196. The molecule has 0 radical (unpaired) electrons.